The van der Waals surface area contributed by atoms with Gasteiger partial charge in [0.2, 0.25) is 0 Å². The number of hydrogen-bond acceptors (Lipinski definition) is 4. The minimum Gasteiger partial charge on any atom is -0.462 e. The number of unbranched alkanes of at least 4 members (excludes halogenated alkanes) is 1. The van der Waals surface area contributed by atoms with Gasteiger partial charge in [0.25, 0.3) is 0 Å². The molecule has 5 nitrogen and oxygen atoms in total. The van der Waals surface area contributed by atoms with Crippen molar-refractivity contribution in [3.05, 3.63) is 69.7 Å². The summed E-state index contributed by atoms with van der Waals surface area (Å²) in [6.45, 7) is 7.45. The normalized spacial score (nSPS) is 15.5. The lowest BCUT2D eigenvalue weighted by atomic mass is 9.87. The first-order valence-electron chi connectivity index (χ1n) is 14.4. The molecule has 2 atom stereocenters. The van der Waals surface area contributed by atoms with Crippen LogP contribution in [0.3, 0.4) is 0 Å². The van der Waals surface area contributed by atoms with E-state index in [-0.39, 0.29) is 12.1 Å². The van der Waals surface area contributed by atoms with Crippen LogP contribution in [-0.4, -0.2) is 36.7 Å². The van der Waals surface area contributed by atoms with E-state index in [4.69, 9.17) is 9.47 Å². The summed E-state index contributed by atoms with van der Waals surface area (Å²) < 4.78 is 12.3. The number of nitrogens with zero attached hydrogens (tertiary/aromatic N) is 1. The summed E-state index contributed by atoms with van der Waals surface area (Å²) in [6, 6.07) is 15.1. The van der Waals surface area contributed by atoms with E-state index in [0.29, 0.717) is 37.2 Å². The lowest BCUT2D eigenvalue weighted by molar-refractivity contribution is 0.0422. The van der Waals surface area contributed by atoms with Gasteiger partial charge in [-0.1, -0.05) is 98.6 Å². The molecule has 0 heterocycles. The summed E-state index contributed by atoms with van der Waals surface area (Å²) in [4.78, 5) is 28.9. The first kappa shape index (κ1) is 30.2. The molecule has 1 aliphatic rings. The molecule has 2 unspecified atom stereocenters. The van der Waals surface area contributed by atoms with Gasteiger partial charge >= 0.3 is 12.1 Å². The first-order valence-corrected chi connectivity index (χ1v) is 15.2. The molecule has 0 spiro atoms. The van der Waals surface area contributed by atoms with Crippen molar-refractivity contribution >= 4 is 28.0 Å². The SMILES string of the molecule is CCCCC(CC)COC(=O)c1ccc(Br)cc1C(c1ccccc1)N(CC1CCCCC1)C(=O)OCC. The number of carbonyl (C=O) groups excluding carboxylic acids is 2. The van der Waals surface area contributed by atoms with E-state index in [1.807, 2.05) is 60.4 Å². The molecule has 0 saturated heterocycles. The number of ether oxygens (including phenoxy) is 2. The Hall–Kier alpha value is -2.34. The molecular formula is C32H44BrNO4. The topological polar surface area (TPSA) is 55.8 Å². The summed E-state index contributed by atoms with van der Waals surface area (Å²) in [5, 5.41) is 0. The Bertz CT molecular complexity index is 1010. The second-order valence-electron chi connectivity index (χ2n) is 10.4. The van der Waals surface area contributed by atoms with Gasteiger partial charge in [0, 0.05) is 11.0 Å². The van der Waals surface area contributed by atoms with E-state index in [9.17, 15) is 9.59 Å². The fraction of sp³-hybridized carbons (Fsp3) is 0.562. The highest BCUT2D eigenvalue weighted by Gasteiger charge is 2.33. The lowest BCUT2D eigenvalue weighted by Gasteiger charge is -2.36. The Morgan fingerprint density at radius 3 is 2.39 bits per heavy atom. The zero-order chi connectivity index (χ0) is 27.3. The fourth-order valence-electron chi connectivity index (χ4n) is 5.42. The predicted octanol–water partition coefficient (Wildman–Crippen LogP) is 8.95. The van der Waals surface area contributed by atoms with Gasteiger partial charge in [-0.2, -0.15) is 0 Å². The van der Waals surface area contributed by atoms with Gasteiger partial charge < -0.3 is 9.47 Å². The number of esters is 1. The maximum Gasteiger partial charge on any atom is 0.410 e. The second kappa shape index (κ2) is 15.9. The van der Waals surface area contributed by atoms with Crippen LogP contribution in [0.5, 0.6) is 0 Å². The summed E-state index contributed by atoms with van der Waals surface area (Å²) in [5.74, 6) is 0.417. The van der Waals surface area contributed by atoms with Gasteiger partial charge in [-0.25, -0.2) is 9.59 Å². The Morgan fingerprint density at radius 2 is 1.74 bits per heavy atom. The number of rotatable bonds is 13. The number of hydrogen-bond donors (Lipinski definition) is 0. The van der Waals surface area contributed by atoms with Crippen molar-refractivity contribution in [2.75, 3.05) is 19.8 Å². The van der Waals surface area contributed by atoms with Crippen molar-refractivity contribution in [3.8, 4) is 0 Å². The maximum absolute atomic E-state index is 13.5. The third kappa shape index (κ3) is 8.59. The number of carbonyl (C=O) groups is 2. The molecule has 0 aromatic heterocycles. The first-order chi connectivity index (χ1) is 18.5. The number of amides is 1. The minimum absolute atomic E-state index is 0.297. The Balaban J connectivity index is 2.01. The molecule has 0 radical (unpaired) electrons. The third-order valence-corrected chi connectivity index (χ3v) is 8.12. The molecule has 0 aliphatic heterocycles. The highest BCUT2D eigenvalue weighted by molar-refractivity contribution is 9.10. The molecule has 1 saturated carbocycles. The van der Waals surface area contributed by atoms with Gasteiger partial charge in [-0.15, -0.1) is 0 Å². The van der Waals surface area contributed by atoms with Gasteiger partial charge in [0.15, 0.2) is 0 Å². The number of halogens is 1. The van der Waals surface area contributed by atoms with Crippen molar-refractivity contribution in [1.29, 1.82) is 0 Å². The molecule has 208 valence electrons. The monoisotopic (exact) mass is 585 g/mol. The van der Waals surface area contributed by atoms with E-state index >= 15 is 0 Å². The van der Waals surface area contributed by atoms with Gasteiger partial charge in [0.05, 0.1) is 24.8 Å². The molecule has 1 amide bonds. The van der Waals surface area contributed by atoms with Crippen molar-refractivity contribution in [3.63, 3.8) is 0 Å². The van der Waals surface area contributed by atoms with Crippen LogP contribution in [0.25, 0.3) is 0 Å². The van der Waals surface area contributed by atoms with E-state index < -0.39 is 6.04 Å². The van der Waals surface area contributed by atoms with E-state index in [1.165, 1.54) is 19.3 Å². The van der Waals surface area contributed by atoms with Crippen LogP contribution < -0.4 is 0 Å². The van der Waals surface area contributed by atoms with E-state index in [2.05, 4.69) is 29.8 Å². The summed E-state index contributed by atoms with van der Waals surface area (Å²) in [7, 11) is 0. The largest absolute Gasteiger partial charge is 0.462 e. The van der Waals surface area contributed by atoms with Gasteiger partial charge in [-0.05, 0) is 67.3 Å². The standard InChI is InChI=1S/C32H44BrNO4/c1-4-7-14-24(5-2)23-38-31(35)28-20-19-27(33)21-29(28)30(26-17-12-9-13-18-26)34(32(36)37-6-3)22-25-15-10-8-11-16-25/h9,12-13,17-21,24-25,30H,4-8,10-11,14-16,22-23H2,1-3H3. The molecule has 0 N–H and O–H groups in total. The van der Waals surface area contributed by atoms with Crippen LogP contribution in [0.1, 0.15) is 106 Å². The van der Waals surface area contributed by atoms with Crippen LogP contribution in [0.2, 0.25) is 0 Å². The highest BCUT2D eigenvalue weighted by Crippen LogP contribution is 2.36. The fourth-order valence-corrected chi connectivity index (χ4v) is 5.80. The molecule has 0 bridgehead atoms. The smallest absolute Gasteiger partial charge is 0.410 e. The maximum atomic E-state index is 13.5. The minimum atomic E-state index is -0.473. The Labute approximate surface area is 237 Å². The highest BCUT2D eigenvalue weighted by atomic mass is 79.9. The molecule has 3 rings (SSSR count). The zero-order valence-electron chi connectivity index (χ0n) is 23.3. The molecular weight excluding hydrogens is 542 g/mol. The van der Waals surface area contributed by atoms with Crippen molar-refractivity contribution in [2.24, 2.45) is 11.8 Å². The van der Waals surface area contributed by atoms with Gasteiger partial charge in [0.1, 0.15) is 0 Å². The Kier molecular flexibility index (Phi) is 12.7. The molecule has 6 heteroatoms. The third-order valence-electron chi connectivity index (χ3n) is 7.63. The van der Waals surface area contributed by atoms with Crippen molar-refractivity contribution in [1.82, 2.24) is 4.90 Å². The second-order valence-corrected chi connectivity index (χ2v) is 11.3. The quantitative estimate of drug-likeness (QED) is 0.220. The van der Waals surface area contributed by atoms with E-state index in [0.717, 1.165) is 54.1 Å². The van der Waals surface area contributed by atoms with Crippen LogP contribution in [0.15, 0.2) is 53.0 Å². The molecule has 2 aromatic carbocycles. The Morgan fingerprint density at radius 1 is 1.00 bits per heavy atom. The zero-order valence-corrected chi connectivity index (χ0v) is 24.9. The van der Waals surface area contributed by atoms with Crippen LogP contribution in [-0.2, 0) is 9.47 Å². The van der Waals surface area contributed by atoms with Crippen LogP contribution >= 0.6 is 15.9 Å². The van der Waals surface area contributed by atoms with Crippen molar-refractivity contribution < 1.29 is 19.1 Å². The van der Waals surface area contributed by atoms with Crippen molar-refractivity contribution in [2.45, 2.75) is 84.6 Å². The summed E-state index contributed by atoms with van der Waals surface area (Å²) in [5.41, 5.74) is 2.18. The summed E-state index contributed by atoms with van der Waals surface area (Å²) in [6.07, 6.45) is 9.75. The predicted molar refractivity (Wildman–Crippen MR) is 156 cm³/mol. The summed E-state index contributed by atoms with van der Waals surface area (Å²) >= 11 is 3.62. The molecule has 38 heavy (non-hydrogen) atoms. The van der Waals surface area contributed by atoms with E-state index in [1.54, 1.807) is 0 Å². The average Bonchev–Trinajstić information content (AvgIpc) is 2.94. The molecule has 2 aromatic rings. The lowest BCUT2D eigenvalue weighted by Crippen LogP contribution is -2.40. The number of benzene rings is 2. The molecule has 1 fully saturated rings. The average molecular weight is 587 g/mol. The molecule has 1 aliphatic carbocycles. The van der Waals surface area contributed by atoms with Gasteiger partial charge in [-0.3, -0.25) is 4.90 Å². The van der Waals surface area contributed by atoms with Crippen LogP contribution in [0, 0.1) is 11.8 Å². The van der Waals surface area contributed by atoms with Crippen LogP contribution in [0.4, 0.5) is 4.79 Å².